The van der Waals surface area contributed by atoms with E-state index < -0.39 is 11.9 Å². The molecule has 0 saturated heterocycles. The van der Waals surface area contributed by atoms with Gasteiger partial charge in [0.25, 0.3) is 5.56 Å². The van der Waals surface area contributed by atoms with Crippen molar-refractivity contribution in [3.63, 3.8) is 0 Å². The van der Waals surface area contributed by atoms with Gasteiger partial charge in [-0.15, -0.1) is 0 Å². The highest BCUT2D eigenvalue weighted by Crippen LogP contribution is 2.32. The molecule has 132 valence electrons. The first kappa shape index (κ1) is 16.7. The van der Waals surface area contributed by atoms with Gasteiger partial charge in [0, 0.05) is 0 Å². The number of benzene rings is 3. The lowest BCUT2D eigenvalue weighted by atomic mass is 9.90. The Balaban J connectivity index is 1.94. The molecule has 0 aliphatic heterocycles. The number of carbonyl (C=O) groups is 1. The fraction of sp³-hybridized carbons (Fsp3) is 0.0455. The zero-order chi connectivity index (χ0) is 18.8. The number of carboxylic acid groups (broad SMARTS) is 1. The second-order valence-corrected chi connectivity index (χ2v) is 6.19. The van der Waals surface area contributed by atoms with E-state index in [0.29, 0.717) is 16.5 Å². The van der Waals surface area contributed by atoms with E-state index in [2.05, 4.69) is 9.97 Å². The van der Waals surface area contributed by atoms with Gasteiger partial charge < -0.3 is 10.1 Å². The minimum Gasteiger partial charge on any atom is -0.480 e. The van der Waals surface area contributed by atoms with Gasteiger partial charge in [-0.05, 0) is 28.8 Å². The molecule has 5 heteroatoms. The Morgan fingerprint density at radius 1 is 0.889 bits per heavy atom. The molecule has 1 atom stereocenters. The predicted octanol–water partition coefficient (Wildman–Crippen LogP) is 3.81. The van der Waals surface area contributed by atoms with Crippen molar-refractivity contribution in [3.05, 3.63) is 101 Å². The molecule has 1 aromatic heterocycles. The molecular weight excluding hydrogens is 340 g/mol. The molecular formula is C22H16N2O3. The van der Waals surface area contributed by atoms with E-state index in [1.807, 2.05) is 42.5 Å². The normalized spacial score (nSPS) is 12.0. The number of aromatic amines is 1. The highest BCUT2D eigenvalue weighted by atomic mass is 16.4. The van der Waals surface area contributed by atoms with Crippen molar-refractivity contribution in [1.82, 2.24) is 9.97 Å². The number of nitrogens with one attached hydrogen (secondary N) is 1. The Bertz CT molecular complexity index is 1180. The molecule has 5 nitrogen and oxygen atoms in total. The number of aliphatic carboxylic acids is 1. The number of carboxylic acids is 1. The summed E-state index contributed by atoms with van der Waals surface area (Å²) in [7, 11) is 0. The lowest BCUT2D eigenvalue weighted by Crippen LogP contribution is -2.21. The predicted molar refractivity (Wildman–Crippen MR) is 104 cm³/mol. The number of hydrogen-bond donors (Lipinski definition) is 2. The molecule has 0 amide bonds. The number of nitrogens with zero attached hydrogens (tertiary/aromatic N) is 1. The van der Waals surface area contributed by atoms with E-state index in [9.17, 15) is 14.7 Å². The van der Waals surface area contributed by atoms with E-state index in [1.165, 1.54) is 0 Å². The zero-order valence-electron chi connectivity index (χ0n) is 14.3. The summed E-state index contributed by atoms with van der Waals surface area (Å²) in [4.78, 5) is 31.7. The average Bonchev–Trinajstić information content (AvgIpc) is 2.69. The molecule has 3 aromatic carbocycles. The van der Waals surface area contributed by atoms with Gasteiger partial charge in [-0.25, -0.2) is 4.98 Å². The van der Waals surface area contributed by atoms with Gasteiger partial charge in [0.1, 0.15) is 11.7 Å². The molecule has 4 rings (SSSR count). The first-order valence-electron chi connectivity index (χ1n) is 8.51. The SMILES string of the molecule is O=C(O)C(c1nc2ccccc2c(=O)[nH]1)c1ccccc1-c1ccccc1. The van der Waals surface area contributed by atoms with Crippen LogP contribution in [0.3, 0.4) is 0 Å². The largest absolute Gasteiger partial charge is 0.480 e. The topological polar surface area (TPSA) is 83.0 Å². The number of H-pyrrole nitrogens is 1. The molecule has 0 radical (unpaired) electrons. The van der Waals surface area contributed by atoms with Crippen LogP contribution in [0.15, 0.2) is 83.7 Å². The van der Waals surface area contributed by atoms with Crippen LogP contribution in [-0.2, 0) is 4.79 Å². The molecule has 1 heterocycles. The summed E-state index contributed by atoms with van der Waals surface area (Å²) >= 11 is 0. The Morgan fingerprint density at radius 2 is 1.56 bits per heavy atom. The fourth-order valence-corrected chi connectivity index (χ4v) is 3.27. The lowest BCUT2D eigenvalue weighted by Gasteiger charge is -2.17. The minimum atomic E-state index is -1.08. The summed E-state index contributed by atoms with van der Waals surface area (Å²) in [6.07, 6.45) is 0. The second kappa shape index (κ2) is 6.88. The van der Waals surface area contributed by atoms with Crippen molar-refractivity contribution >= 4 is 16.9 Å². The van der Waals surface area contributed by atoms with Crippen LogP contribution >= 0.6 is 0 Å². The number of fused-ring (bicyclic) bond motifs is 1. The van der Waals surface area contributed by atoms with Crippen molar-refractivity contribution in [3.8, 4) is 11.1 Å². The molecule has 0 spiro atoms. The number of rotatable bonds is 4. The summed E-state index contributed by atoms with van der Waals surface area (Å²) in [6, 6.07) is 23.7. The molecule has 0 aliphatic rings. The van der Waals surface area contributed by atoms with Gasteiger partial charge in [0.15, 0.2) is 0 Å². The quantitative estimate of drug-likeness (QED) is 0.582. The van der Waals surface area contributed by atoms with Gasteiger partial charge in [0.05, 0.1) is 10.9 Å². The van der Waals surface area contributed by atoms with Crippen LogP contribution in [0, 0.1) is 0 Å². The molecule has 0 bridgehead atoms. The molecule has 0 fully saturated rings. The lowest BCUT2D eigenvalue weighted by molar-refractivity contribution is -0.137. The Morgan fingerprint density at radius 3 is 2.33 bits per heavy atom. The van der Waals surface area contributed by atoms with Gasteiger partial charge in [0.2, 0.25) is 0 Å². The molecule has 0 aliphatic carbocycles. The third-order valence-corrected chi connectivity index (χ3v) is 4.51. The van der Waals surface area contributed by atoms with Crippen LogP contribution in [0.2, 0.25) is 0 Å². The Labute approximate surface area is 155 Å². The molecule has 27 heavy (non-hydrogen) atoms. The summed E-state index contributed by atoms with van der Waals surface area (Å²) in [6.45, 7) is 0. The maximum absolute atomic E-state index is 12.4. The summed E-state index contributed by atoms with van der Waals surface area (Å²) in [5, 5.41) is 10.4. The second-order valence-electron chi connectivity index (χ2n) is 6.19. The molecule has 2 N–H and O–H groups in total. The van der Waals surface area contributed by atoms with Crippen molar-refractivity contribution in [2.75, 3.05) is 0 Å². The van der Waals surface area contributed by atoms with Crippen LogP contribution < -0.4 is 5.56 Å². The molecule has 1 unspecified atom stereocenters. The monoisotopic (exact) mass is 356 g/mol. The van der Waals surface area contributed by atoms with Crippen molar-refractivity contribution < 1.29 is 9.90 Å². The first-order valence-corrected chi connectivity index (χ1v) is 8.51. The Hall–Kier alpha value is -3.73. The van der Waals surface area contributed by atoms with Crippen molar-refractivity contribution in [2.45, 2.75) is 5.92 Å². The van der Waals surface area contributed by atoms with E-state index in [1.54, 1.807) is 36.4 Å². The number of para-hydroxylation sites is 1. The third kappa shape index (κ3) is 3.11. The van der Waals surface area contributed by atoms with Crippen LogP contribution in [0.1, 0.15) is 17.3 Å². The van der Waals surface area contributed by atoms with Crippen molar-refractivity contribution in [1.29, 1.82) is 0 Å². The van der Waals surface area contributed by atoms with Crippen LogP contribution in [-0.4, -0.2) is 21.0 Å². The van der Waals surface area contributed by atoms with E-state index in [4.69, 9.17) is 0 Å². The molecule has 0 saturated carbocycles. The van der Waals surface area contributed by atoms with E-state index >= 15 is 0 Å². The zero-order valence-corrected chi connectivity index (χ0v) is 14.3. The van der Waals surface area contributed by atoms with E-state index in [-0.39, 0.29) is 11.4 Å². The van der Waals surface area contributed by atoms with Gasteiger partial charge in [-0.2, -0.15) is 0 Å². The van der Waals surface area contributed by atoms with Crippen LogP contribution in [0.25, 0.3) is 22.0 Å². The fourth-order valence-electron chi connectivity index (χ4n) is 3.27. The van der Waals surface area contributed by atoms with Gasteiger partial charge in [-0.1, -0.05) is 66.7 Å². The first-order chi connectivity index (χ1) is 13.1. The third-order valence-electron chi connectivity index (χ3n) is 4.51. The minimum absolute atomic E-state index is 0.120. The summed E-state index contributed by atoms with van der Waals surface area (Å²) in [5.41, 5.74) is 2.40. The maximum atomic E-state index is 12.4. The standard InChI is InChI=1S/C22H16N2O3/c25-21-17-12-6-7-13-18(17)23-20(24-21)19(22(26)27)16-11-5-4-10-15(16)14-8-2-1-3-9-14/h1-13,19H,(H,26,27)(H,23,24,25). The summed E-state index contributed by atoms with van der Waals surface area (Å²) in [5.74, 6) is -2.04. The summed E-state index contributed by atoms with van der Waals surface area (Å²) < 4.78 is 0. The van der Waals surface area contributed by atoms with Crippen LogP contribution in [0.5, 0.6) is 0 Å². The smallest absolute Gasteiger partial charge is 0.318 e. The number of hydrogen-bond acceptors (Lipinski definition) is 3. The Kier molecular flexibility index (Phi) is 4.26. The highest BCUT2D eigenvalue weighted by Gasteiger charge is 2.27. The van der Waals surface area contributed by atoms with Crippen LogP contribution in [0.4, 0.5) is 0 Å². The maximum Gasteiger partial charge on any atom is 0.318 e. The average molecular weight is 356 g/mol. The molecule has 4 aromatic rings. The highest BCUT2D eigenvalue weighted by molar-refractivity contribution is 5.85. The van der Waals surface area contributed by atoms with E-state index in [0.717, 1.165) is 11.1 Å². The van der Waals surface area contributed by atoms with Crippen molar-refractivity contribution in [2.24, 2.45) is 0 Å². The van der Waals surface area contributed by atoms with Gasteiger partial charge in [-0.3, -0.25) is 9.59 Å². The van der Waals surface area contributed by atoms with Gasteiger partial charge >= 0.3 is 5.97 Å². The number of aromatic nitrogens is 2.